The molecular weight excluding hydrogens is 258 g/mol. The van der Waals surface area contributed by atoms with E-state index in [4.69, 9.17) is 5.73 Å². The topological polar surface area (TPSA) is 85.1 Å². The van der Waals surface area contributed by atoms with Gasteiger partial charge in [0, 0.05) is 23.3 Å². The fourth-order valence-electron chi connectivity index (χ4n) is 1.09. The fraction of sp³-hybridized carbons (Fsp3) is 0.500. The van der Waals surface area contributed by atoms with E-state index >= 15 is 0 Å². The van der Waals surface area contributed by atoms with E-state index in [1.54, 1.807) is 23.1 Å². The van der Waals surface area contributed by atoms with Crippen LogP contribution in [-0.2, 0) is 15.3 Å². The van der Waals surface area contributed by atoms with Crippen LogP contribution >= 0.6 is 23.1 Å². The predicted molar refractivity (Wildman–Crippen MR) is 69.8 cm³/mol. The third-order valence-electron chi connectivity index (χ3n) is 1.85. The van der Waals surface area contributed by atoms with Gasteiger partial charge in [-0.2, -0.15) is 11.8 Å². The van der Waals surface area contributed by atoms with E-state index in [-0.39, 0.29) is 12.5 Å². The fourth-order valence-corrected chi connectivity index (χ4v) is 2.64. The molecule has 0 bridgehead atoms. The highest BCUT2D eigenvalue weighted by Crippen LogP contribution is 2.15. The highest BCUT2D eigenvalue weighted by molar-refractivity contribution is 7.98. The number of nitrogens with zero attached hydrogens (tertiary/aromatic N) is 1. The van der Waals surface area contributed by atoms with Gasteiger partial charge in [-0.3, -0.25) is 9.59 Å². The van der Waals surface area contributed by atoms with Crippen LogP contribution < -0.4 is 11.1 Å². The first-order valence-corrected chi connectivity index (χ1v) is 7.15. The van der Waals surface area contributed by atoms with Crippen molar-refractivity contribution in [1.82, 2.24) is 10.3 Å². The lowest BCUT2D eigenvalue weighted by molar-refractivity contribution is -0.124. The highest BCUT2D eigenvalue weighted by Gasteiger charge is 2.03. The molecule has 17 heavy (non-hydrogen) atoms. The summed E-state index contributed by atoms with van der Waals surface area (Å²) in [6, 6.07) is 0. The normalized spacial score (nSPS) is 10.2. The van der Waals surface area contributed by atoms with Crippen LogP contribution in [0.5, 0.6) is 0 Å². The Balaban J connectivity index is 2.07. The number of carbonyl (C=O) groups excluding carboxylic acids is 2. The monoisotopic (exact) mass is 273 g/mol. The lowest BCUT2D eigenvalue weighted by atomic mass is 10.4. The summed E-state index contributed by atoms with van der Waals surface area (Å²) in [6.45, 7) is 1.88. The summed E-state index contributed by atoms with van der Waals surface area (Å²) in [4.78, 5) is 26.0. The number of thiazole rings is 1. The molecule has 0 aromatic carbocycles. The molecule has 0 saturated carbocycles. The minimum Gasteiger partial charge on any atom is -0.368 e. The SMILES string of the molecule is Cc1nc(CSCCC(=O)NCC(N)=O)cs1. The van der Waals surface area contributed by atoms with Gasteiger partial charge in [0.05, 0.1) is 17.2 Å². The molecule has 5 nitrogen and oxygen atoms in total. The largest absolute Gasteiger partial charge is 0.368 e. The average Bonchev–Trinajstić information content (AvgIpc) is 2.68. The molecule has 1 aromatic rings. The zero-order valence-electron chi connectivity index (χ0n) is 9.56. The second-order valence-electron chi connectivity index (χ2n) is 3.40. The summed E-state index contributed by atoms with van der Waals surface area (Å²) in [7, 11) is 0. The minimum atomic E-state index is -0.524. The molecule has 3 N–H and O–H groups in total. The van der Waals surface area contributed by atoms with Crippen molar-refractivity contribution in [2.45, 2.75) is 19.1 Å². The molecule has 0 spiro atoms. The Bertz CT molecular complexity index is 393. The van der Waals surface area contributed by atoms with Crippen LogP contribution in [0, 0.1) is 6.92 Å². The minimum absolute atomic E-state index is 0.0885. The molecule has 2 amide bonds. The summed E-state index contributed by atoms with van der Waals surface area (Å²) in [5, 5.41) is 5.52. The van der Waals surface area contributed by atoms with Gasteiger partial charge in [0.25, 0.3) is 0 Å². The molecule has 0 aliphatic rings. The number of rotatable bonds is 7. The summed E-state index contributed by atoms with van der Waals surface area (Å²) < 4.78 is 0. The van der Waals surface area contributed by atoms with E-state index in [1.807, 2.05) is 12.3 Å². The maximum Gasteiger partial charge on any atom is 0.236 e. The first-order chi connectivity index (χ1) is 8.08. The smallest absolute Gasteiger partial charge is 0.236 e. The number of nitrogens with two attached hydrogens (primary N) is 1. The molecular formula is C10H15N3O2S2. The van der Waals surface area contributed by atoms with Crippen molar-refractivity contribution < 1.29 is 9.59 Å². The van der Waals surface area contributed by atoms with Gasteiger partial charge in [0.2, 0.25) is 11.8 Å². The van der Waals surface area contributed by atoms with E-state index in [2.05, 4.69) is 10.3 Å². The lowest BCUT2D eigenvalue weighted by Crippen LogP contribution is -2.33. The quantitative estimate of drug-likeness (QED) is 0.715. The van der Waals surface area contributed by atoms with Gasteiger partial charge in [-0.25, -0.2) is 4.98 Å². The van der Waals surface area contributed by atoms with Gasteiger partial charge in [-0.1, -0.05) is 0 Å². The molecule has 0 atom stereocenters. The van der Waals surface area contributed by atoms with E-state index in [9.17, 15) is 9.59 Å². The number of nitrogens with one attached hydrogen (secondary N) is 1. The molecule has 0 aliphatic carbocycles. The van der Waals surface area contributed by atoms with E-state index in [0.29, 0.717) is 12.2 Å². The number of primary amides is 1. The Kier molecular flexibility index (Phi) is 5.99. The summed E-state index contributed by atoms with van der Waals surface area (Å²) in [5.74, 6) is 0.851. The Morgan fingerprint density at radius 2 is 2.35 bits per heavy atom. The second kappa shape index (κ2) is 7.29. The number of hydrogen-bond acceptors (Lipinski definition) is 5. The van der Waals surface area contributed by atoms with Crippen LogP contribution in [-0.4, -0.2) is 29.1 Å². The van der Waals surface area contributed by atoms with Crippen molar-refractivity contribution in [2.75, 3.05) is 12.3 Å². The van der Waals surface area contributed by atoms with Crippen molar-refractivity contribution in [1.29, 1.82) is 0 Å². The molecule has 0 radical (unpaired) electrons. The average molecular weight is 273 g/mol. The number of aryl methyl sites for hydroxylation is 1. The highest BCUT2D eigenvalue weighted by atomic mass is 32.2. The Morgan fingerprint density at radius 1 is 1.59 bits per heavy atom. The first-order valence-electron chi connectivity index (χ1n) is 5.11. The number of aromatic nitrogens is 1. The van der Waals surface area contributed by atoms with Crippen molar-refractivity contribution >= 4 is 34.9 Å². The molecule has 1 aromatic heterocycles. The van der Waals surface area contributed by atoms with E-state index < -0.39 is 5.91 Å². The van der Waals surface area contributed by atoms with Crippen molar-refractivity contribution in [3.05, 3.63) is 16.1 Å². The van der Waals surface area contributed by atoms with E-state index in [1.165, 1.54) is 0 Å². The molecule has 0 aliphatic heterocycles. The van der Waals surface area contributed by atoms with Crippen molar-refractivity contribution in [3.63, 3.8) is 0 Å². The Hall–Kier alpha value is -1.08. The summed E-state index contributed by atoms with van der Waals surface area (Å²) in [5.41, 5.74) is 5.96. The third kappa shape index (κ3) is 6.28. The zero-order valence-corrected chi connectivity index (χ0v) is 11.2. The third-order valence-corrected chi connectivity index (χ3v) is 3.66. The molecule has 0 saturated heterocycles. The Labute approximate surface area is 108 Å². The van der Waals surface area contributed by atoms with E-state index in [0.717, 1.165) is 16.5 Å². The molecule has 1 heterocycles. The van der Waals surface area contributed by atoms with Crippen LogP contribution in [0.25, 0.3) is 0 Å². The van der Waals surface area contributed by atoms with Gasteiger partial charge in [0.15, 0.2) is 0 Å². The van der Waals surface area contributed by atoms with Crippen LogP contribution in [0.1, 0.15) is 17.1 Å². The van der Waals surface area contributed by atoms with Crippen LogP contribution in [0.4, 0.5) is 0 Å². The van der Waals surface area contributed by atoms with Gasteiger partial charge >= 0.3 is 0 Å². The molecule has 94 valence electrons. The van der Waals surface area contributed by atoms with Crippen LogP contribution in [0.15, 0.2) is 5.38 Å². The maximum atomic E-state index is 11.2. The van der Waals surface area contributed by atoms with Crippen molar-refractivity contribution in [3.8, 4) is 0 Å². The maximum absolute atomic E-state index is 11.2. The number of carbonyl (C=O) groups is 2. The van der Waals surface area contributed by atoms with Crippen molar-refractivity contribution in [2.24, 2.45) is 5.73 Å². The molecule has 0 unspecified atom stereocenters. The van der Waals surface area contributed by atoms with Crippen LogP contribution in [0.3, 0.4) is 0 Å². The standard InChI is InChI=1S/C10H15N3O2S2/c1-7-13-8(6-17-7)5-16-3-2-10(15)12-4-9(11)14/h6H,2-5H2,1H3,(H2,11,14)(H,12,15). The molecule has 7 heteroatoms. The van der Waals surface area contributed by atoms with Gasteiger partial charge in [-0.15, -0.1) is 11.3 Å². The lowest BCUT2D eigenvalue weighted by Gasteiger charge is -2.02. The summed E-state index contributed by atoms with van der Waals surface area (Å²) >= 11 is 3.27. The van der Waals surface area contributed by atoms with Gasteiger partial charge < -0.3 is 11.1 Å². The van der Waals surface area contributed by atoms with Crippen LogP contribution in [0.2, 0.25) is 0 Å². The number of thioether (sulfide) groups is 1. The second-order valence-corrected chi connectivity index (χ2v) is 5.57. The van der Waals surface area contributed by atoms with Gasteiger partial charge in [0.1, 0.15) is 0 Å². The van der Waals surface area contributed by atoms with Gasteiger partial charge in [-0.05, 0) is 6.92 Å². The predicted octanol–water partition coefficient (Wildman–Crippen LogP) is 0.676. The zero-order chi connectivity index (χ0) is 12.7. The summed E-state index contributed by atoms with van der Waals surface area (Å²) in [6.07, 6.45) is 0.390. The molecule has 0 fully saturated rings. The molecule has 1 rings (SSSR count). The number of hydrogen-bond donors (Lipinski definition) is 2. The first kappa shape index (κ1) is 14.0. The number of amides is 2. The Morgan fingerprint density at radius 3 is 2.94 bits per heavy atom.